The summed E-state index contributed by atoms with van der Waals surface area (Å²) in [6, 6.07) is 6.40. The molecule has 74 valence electrons. The maximum atomic E-state index is 12.5. The highest BCUT2D eigenvalue weighted by atomic mass is 19.1. The second-order valence-corrected chi connectivity index (χ2v) is 3.15. The smallest absolute Gasteiger partial charge is 0.123 e. The minimum Gasteiger partial charge on any atom is -0.325 e. The molecule has 1 atom stereocenters. The lowest BCUT2D eigenvalue weighted by Gasteiger charge is -1.92. The van der Waals surface area contributed by atoms with E-state index in [9.17, 15) is 4.39 Å². The molecular formula is C12H14FN. The monoisotopic (exact) mass is 191 g/mol. The first kappa shape index (κ1) is 10.7. The van der Waals surface area contributed by atoms with E-state index >= 15 is 0 Å². The van der Waals surface area contributed by atoms with Gasteiger partial charge in [-0.25, -0.2) is 4.39 Å². The van der Waals surface area contributed by atoms with Gasteiger partial charge in [-0.1, -0.05) is 36.4 Å². The van der Waals surface area contributed by atoms with Gasteiger partial charge in [0.15, 0.2) is 0 Å². The highest BCUT2D eigenvalue weighted by molar-refractivity contribution is 5.50. The Kier molecular flexibility index (Phi) is 4.08. The van der Waals surface area contributed by atoms with Crippen LogP contribution in [0.2, 0.25) is 0 Å². The number of allylic oxidation sites excluding steroid dienone is 2. The normalized spacial score (nSPS) is 13.9. The first-order valence-electron chi connectivity index (χ1n) is 4.54. The van der Waals surface area contributed by atoms with Gasteiger partial charge in [-0.15, -0.1) is 0 Å². The second-order valence-electron chi connectivity index (χ2n) is 3.15. The third-order valence-electron chi connectivity index (χ3n) is 1.68. The summed E-state index contributed by atoms with van der Waals surface area (Å²) in [5.41, 5.74) is 6.49. The van der Waals surface area contributed by atoms with E-state index in [2.05, 4.69) is 0 Å². The van der Waals surface area contributed by atoms with Crippen molar-refractivity contribution in [2.24, 2.45) is 5.73 Å². The van der Waals surface area contributed by atoms with E-state index in [1.165, 1.54) is 12.1 Å². The van der Waals surface area contributed by atoms with E-state index in [-0.39, 0.29) is 11.9 Å². The molecule has 0 heterocycles. The molecule has 1 rings (SSSR count). The number of nitrogens with two attached hydrogens (primary N) is 1. The largest absolute Gasteiger partial charge is 0.325 e. The summed E-state index contributed by atoms with van der Waals surface area (Å²) in [6.45, 7) is 1.90. The summed E-state index contributed by atoms with van der Waals surface area (Å²) in [4.78, 5) is 0. The first-order chi connectivity index (χ1) is 6.68. The molecule has 0 aliphatic heterocycles. The highest BCUT2D eigenvalue weighted by Crippen LogP contribution is 2.04. The maximum Gasteiger partial charge on any atom is 0.123 e. The van der Waals surface area contributed by atoms with Crippen molar-refractivity contribution in [1.82, 2.24) is 0 Å². The van der Waals surface area contributed by atoms with Crippen molar-refractivity contribution in [3.63, 3.8) is 0 Å². The summed E-state index contributed by atoms with van der Waals surface area (Å²) in [5, 5.41) is 0. The molecule has 0 spiro atoms. The Bertz CT molecular complexity index is 323. The molecule has 1 aromatic carbocycles. The van der Waals surface area contributed by atoms with Gasteiger partial charge < -0.3 is 5.73 Å². The van der Waals surface area contributed by atoms with E-state index in [0.717, 1.165) is 5.56 Å². The molecule has 14 heavy (non-hydrogen) atoms. The second kappa shape index (κ2) is 5.35. The molecule has 0 radical (unpaired) electrons. The lowest BCUT2D eigenvalue weighted by Crippen LogP contribution is -2.09. The summed E-state index contributed by atoms with van der Waals surface area (Å²) < 4.78 is 12.5. The zero-order valence-electron chi connectivity index (χ0n) is 8.15. The predicted molar refractivity (Wildman–Crippen MR) is 58.2 cm³/mol. The van der Waals surface area contributed by atoms with Gasteiger partial charge in [-0.3, -0.25) is 0 Å². The summed E-state index contributed by atoms with van der Waals surface area (Å²) in [5.74, 6) is -0.215. The van der Waals surface area contributed by atoms with Crippen molar-refractivity contribution in [2.45, 2.75) is 13.0 Å². The SMILES string of the molecule is CC(N)/C=C/C=C/c1ccc(F)cc1. The van der Waals surface area contributed by atoms with Crippen LogP contribution in [0.15, 0.2) is 42.5 Å². The van der Waals surface area contributed by atoms with Crippen LogP contribution in [0.25, 0.3) is 6.08 Å². The van der Waals surface area contributed by atoms with E-state index in [4.69, 9.17) is 5.73 Å². The van der Waals surface area contributed by atoms with E-state index in [1.54, 1.807) is 12.1 Å². The van der Waals surface area contributed by atoms with Gasteiger partial charge in [0, 0.05) is 6.04 Å². The molecular weight excluding hydrogens is 177 g/mol. The Hall–Kier alpha value is -1.41. The van der Waals surface area contributed by atoms with Crippen LogP contribution >= 0.6 is 0 Å². The van der Waals surface area contributed by atoms with Gasteiger partial charge in [0.2, 0.25) is 0 Å². The lowest BCUT2D eigenvalue weighted by molar-refractivity contribution is 0.628. The molecule has 0 fully saturated rings. The highest BCUT2D eigenvalue weighted by Gasteiger charge is 1.87. The molecule has 0 aliphatic rings. The number of hydrogen-bond donors (Lipinski definition) is 1. The van der Waals surface area contributed by atoms with Gasteiger partial charge >= 0.3 is 0 Å². The summed E-state index contributed by atoms with van der Waals surface area (Å²) >= 11 is 0. The van der Waals surface area contributed by atoms with Crippen LogP contribution in [-0.4, -0.2) is 6.04 Å². The molecule has 1 nitrogen and oxygen atoms in total. The van der Waals surface area contributed by atoms with Gasteiger partial charge in [-0.2, -0.15) is 0 Å². The quantitative estimate of drug-likeness (QED) is 0.730. The molecule has 0 saturated heterocycles. The average molecular weight is 191 g/mol. The summed E-state index contributed by atoms with van der Waals surface area (Å²) in [6.07, 6.45) is 7.56. The van der Waals surface area contributed by atoms with Crippen molar-refractivity contribution >= 4 is 6.08 Å². The Morgan fingerprint density at radius 2 is 1.86 bits per heavy atom. The van der Waals surface area contributed by atoms with Crippen molar-refractivity contribution in [3.8, 4) is 0 Å². The molecule has 0 aromatic heterocycles. The molecule has 1 aromatic rings. The van der Waals surface area contributed by atoms with Crippen LogP contribution in [0.5, 0.6) is 0 Å². The maximum absolute atomic E-state index is 12.5. The van der Waals surface area contributed by atoms with Crippen molar-refractivity contribution in [2.75, 3.05) is 0 Å². The number of hydrogen-bond acceptors (Lipinski definition) is 1. The fraction of sp³-hybridized carbons (Fsp3) is 0.167. The zero-order chi connectivity index (χ0) is 10.4. The van der Waals surface area contributed by atoms with Gasteiger partial charge in [0.1, 0.15) is 5.82 Å². The standard InChI is InChI=1S/C12H14FN/c1-10(14)4-2-3-5-11-6-8-12(13)9-7-11/h2-10H,14H2,1H3/b4-2+,5-3+. The molecule has 0 saturated carbocycles. The van der Waals surface area contributed by atoms with Crippen LogP contribution in [-0.2, 0) is 0 Å². The number of halogens is 1. The molecule has 1 unspecified atom stereocenters. The third kappa shape index (κ3) is 4.01. The lowest BCUT2D eigenvalue weighted by atomic mass is 10.2. The van der Waals surface area contributed by atoms with Gasteiger partial charge in [0.25, 0.3) is 0 Å². The fourth-order valence-electron chi connectivity index (χ4n) is 0.980. The topological polar surface area (TPSA) is 26.0 Å². The van der Waals surface area contributed by atoms with Crippen LogP contribution < -0.4 is 5.73 Å². The van der Waals surface area contributed by atoms with E-state index in [1.807, 2.05) is 31.2 Å². The summed E-state index contributed by atoms with van der Waals surface area (Å²) in [7, 11) is 0. The Morgan fingerprint density at radius 3 is 2.43 bits per heavy atom. The van der Waals surface area contributed by atoms with E-state index < -0.39 is 0 Å². The van der Waals surface area contributed by atoms with Crippen LogP contribution in [0.4, 0.5) is 4.39 Å². The number of benzene rings is 1. The zero-order valence-corrected chi connectivity index (χ0v) is 8.15. The van der Waals surface area contributed by atoms with Crippen LogP contribution in [0, 0.1) is 5.82 Å². The third-order valence-corrected chi connectivity index (χ3v) is 1.68. The molecule has 2 N–H and O–H groups in total. The predicted octanol–water partition coefficient (Wildman–Crippen LogP) is 2.74. The Labute approximate surface area is 83.7 Å². The molecule has 0 amide bonds. The Morgan fingerprint density at radius 1 is 1.21 bits per heavy atom. The minimum atomic E-state index is -0.215. The van der Waals surface area contributed by atoms with Crippen molar-refractivity contribution < 1.29 is 4.39 Å². The fourth-order valence-corrected chi connectivity index (χ4v) is 0.980. The van der Waals surface area contributed by atoms with Crippen LogP contribution in [0.1, 0.15) is 12.5 Å². The van der Waals surface area contributed by atoms with E-state index in [0.29, 0.717) is 0 Å². The molecule has 0 bridgehead atoms. The van der Waals surface area contributed by atoms with Crippen LogP contribution in [0.3, 0.4) is 0 Å². The van der Waals surface area contributed by atoms with Gasteiger partial charge in [-0.05, 0) is 24.6 Å². The van der Waals surface area contributed by atoms with Gasteiger partial charge in [0.05, 0.1) is 0 Å². The van der Waals surface area contributed by atoms with Crippen molar-refractivity contribution in [1.29, 1.82) is 0 Å². The number of rotatable bonds is 3. The average Bonchev–Trinajstić information content (AvgIpc) is 2.15. The molecule has 2 heteroatoms. The first-order valence-corrected chi connectivity index (χ1v) is 4.54. The van der Waals surface area contributed by atoms with Crippen molar-refractivity contribution in [3.05, 3.63) is 53.9 Å². The Balaban J connectivity index is 2.56. The minimum absolute atomic E-state index is 0.0628. The molecule has 0 aliphatic carbocycles.